The van der Waals surface area contributed by atoms with E-state index in [0.717, 1.165) is 12.8 Å². The smallest absolute Gasteiger partial charge is 0.263 e. The van der Waals surface area contributed by atoms with Crippen LogP contribution in [-0.2, 0) is 4.79 Å². The number of nitrogens with zero attached hydrogens (tertiary/aromatic N) is 3. The second kappa shape index (κ2) is 10.8. The lowest BCUT2D eigenvalue weighted by molar-refractivity contribution is -0.141. The normalized spacial score (nSPS) is 20.3. The monoisotopic (exact) mass is 545 g/mol. The first-order valence-corrected chi connectivity index (χ1v) is 12.9. The molecule has 3 N–H and O–H groups in total. The van der Waals surface area contributed by atoms with Crippen molar-refractivity contribution in [3.05, 3.63) is 41.3 Å². The molecule has 208 valence electrons. The number of likely N-dealkylation sites (tertiary alicyclic amines) is 1. The summed E-state index contributed by atoms with van der Waals surface area (Å²) in [5, 5.41) is 12.2. The van der Waals surface area contributed by atoms with Gasteiger partial charge >= 0.3 is 0 Å². The van der Waals surface area contributed by atoms with Crippen molar-refractivity contribution in [2.45, 2.75) is 57.9 Å². The largest absolute Gasteiger partial charge is 0.493 e. The van der Waals surface area contributed by atoms with Crippen LogP contribution >= 0.6 is 0 Å². The Balaban J connectivity index is 1.43. The first-order chi connectivity index (χ1) is 18.6. The minimum Gasteiger partial charge on any atom is -0.493 e. The number of hydrogen-bond donors (Lipinski definition) is 3. The Kier molecular flexibility index (Phi) is 7.48. The zero-order valence-electron chi connectivity index (χ0n) is 21.6. The van der Waals surface area contributed by atoms with Gasteiger partial charge in [-0.1, -0.05) is 0 Å². The second-order valence-corrected chi connectivity index (χ2v) is 10.2. The lowest BCUT2D eigenvalue weighted by Crippen LogP contribution is -2.55. The topological polar surface area (TPSA) is 120 Å². The maximum absolute atomic E-state index is 14.9. The lowest BCUT2D eigenvalue weighted by Gasteiger charge is -2.35. The van der Waals surface area contributed by atoms with Crippen molar-refractivity contribution in [1.82, 2.24) is 25.2 Å². The van der Waals surface area contributed by atoms with Gasteiger partial charge < -0.3 is 25.0 Å². The fourth-order valence-electron chi connectivity index (χ4n) is 4.86. The molecule has 0 spiro atoms. The van der Waals surface area contributed by atoms with Gasteiger partial charge in [0.05, 0.1) is 30.3 Å². The number of halogens is 3. The lowest BCUT2D eigenvalue weighted by atomic mass is 10.0. The average Bonchev–Trinajstić information content (AvgIpc) is 3.67. The third-order valence-corrected chi connectivity index (χ3v) is 7.21. The zero-order valence-corrected chi connectivity index (χ0v) is 21.6. The molecule has 1 aromatic carbocycles. The molecule has 3 heterocycles. The van der Waals surface area contributed by atoms with E-state index in [1.165, 1.54) is 36.4 Å². The van der Waals surface area contributed by atoms with E-state index in [2.05, 4.69) is 20.3 Å². The summed E-state index contributed by atoms with van der Waals surface area (Å²) in [5.41, 5.74) is 1.75. The summed E-state index contributed by atoms with van der Waals surface area (Å²) in [6, 6.07) is 3.32. The SMILES string of the molecule is Cc1[nH]c2c(-c3cc(C(F)F)ccc3OCC3CC3)ncnc2c1C(=O)N[C@@H]1CCN(C(=O)[C@H](C)O)C[C@H]1F. The molecule has 39 heavy (non-hydrogen) atoms. The molecule has 2 amide bonds. The minimum absolute atomic E-state index is 0.176. The van der Waals surface area contributed by atoms with Gasteiger partial charge in [0.2, 0.25) is 0 Å². The zero-order chi connectivity index (χ0) is 27.8. The number of piperidine rings is 1. The molecule has 3 atom stereocenters. The van der Waals surface area contributed by atoms with E-state index in [9.17, 15) is 27.9 Å². The number of benzene rings is 1. The van der Waals surface area contributed by atoms with Crippen LogP contribution in [-0.4, -0.2) is 74.8 Å². The molecule has 0 bridgehead atoms. The highest BCUT2D eigenvalue weighted by Gasteiger charge is 2.34. The molecule has 3 aromatic rings. The summed E-state index contributed by atoms with van der Waals surface area (Å²) >= 11 is 0. The maximum atomic E-state index is 14.9. The number of aromatic amines is 1. The number of H-pyrrole nitrogens is 1. The van der Waals surface area contributed by atoms with Crippen molar-refractivity contribution in [2.75, 3.05) is 19.7 Å². The van der Waals surface area contributed by atoms with Crippen molar-refractivity contribution < 1.29 is 32.6 Å². The van der Waals surface area contributed by atoms with E-state index in [1.54, 1.807) is 6.92 Å². The number of carbonyl (C=O) groups excluding carboxylic acids is 2. The standard InChI is InChI=1S/C27H30F3N5O4/c1-13-21(26(37)34-19-7-8-35(10-18(19)28)27(38)14(2)36)23-24(33-13)22(31-12-32-23)17-9-16(25(29)30)5-6-20(17)39-11-15-3-4-15/h5-6,9,12,14-15,18-19,25,33,36H,3-4,7-8,10-11H2,1-2H3,(H,34,37)/t14-,18+,19+/m0/s1. The number of rotatable bonds is 8. The summed E-state index contributed by atoms with van der Waals surface area (Å²) in [5.74, 6) is -0.269. The molecular weight excluding hydrogens is 515 g/mol. The Bertz CT molecular complexity index is 1390. The first-order valence-electron chi connectivity index (χ1n) is 12.9. The molecule has 1 saturated heterocycles. The van der Waals surface area contributed by atoms with Gasteiger partial charge in [0, 0.05) is 23.4 Å². The van der Waals surface area contributed by atoms with Crippen molar-refractivity contribution in [2.24, 2.45) is 5.92 Å². The van der Waals surface area contributed by atoms with Gasteiger partial charge in [0.25, 0.3) is 18.2 Å². The molecular formula is C27H30F3N5O4. The molecule has 2 fully saturated rings. The van der Waals surface area contributed by atoms with Gasteiger partial charge in [-0.05, 0) is 57.2 Å². The summed E-state index contributed by atoms with van der Waals surface area (Å²) in [6.07, 6.45) is -1.90. The molecule has 0 unspecified atom stereocenters. The van der Waals surface area contributed by atoms with E-state index in [1.807, 2.05) is 0 Å². The average molecular weight is 546 g/mol. The number of aryl methyl sites for hydroxylation is 1. The van der Waals surface area contributed by atoms with Gasteiger partial charge in [-0.15, -0.1) is 0 Å². The molecule has 1 aliphatic carbocycles. The Labute approximate surface area is 222 Å². The first kappa shape index (κ1) is 26.9. The molecule has 0 radical (unpaired) electrons. The van der Waals surface area contributed by atoms with E-state index < -0.39 is 36.6 Å². The van der Waals surface area contributed by atoms with Crippen LogP contribution in [0.5, 0.6) is 5.75 Å². The number of aromatic nitrogens is 3. The van der Waals surface area contributed by atoms with E-state index in [-0.39, 0.29) is 36.2 Å². The fraction of sp³-hybridized carbons (Fsp3) is 0.481. The third kappa shape index (κ3) is 5.56. The van der Waals surface area contributed by atoms with Gasteiger partial charge in [0.1, 0.15) is 35.6 Å². The third-order valence-electron chi connectivity index (χ3n) is 7.21. The van der Waals surface area contributed by atoms with Gasteiger partial charge in [0.15, 0.2) is 0 Å². The summed E-state index contributed by atoms with van der Waals surface area (Å²) in [6.45, 7) is 3.41. The maximum Gasteiger partial charge on any atom is 0.263 e. The number of aliphatic hydroxyl groups excluding tert-OH is 1. The minimum atomic E-state index is -2.69. The Hall–Kier alpha value is -3.67. The van der Waals surface area contributed by atoms with Crippen LogP contribution in [0.4, 0.5) is 13.2 Å². The van der Waals surface area contributed by atoms with Crippen LogP contribution in [0.3, 0.4) is 0 Å². The molecule has 9 nitrogen and oxygen atoms in total. The molecule has 5 rings (SSSR count). The number of ether oxygens (including phenoxy) is 1. The molecule has 2 aromatic heterocycles. The van der Waals surface area contributed by atoms with Crippen molar-refractivity contribution in [3.8, 4) is 17.0 Å². The van der Waals surface area contributed by atoms with Gasteiger partial charge in [-0.25, -0.2) is 23.1 Å². The van der Waals surface area contributed by atoms with Crippen LogP contribution in [0.25, 0.3) is 22.3 Å². The van der Waals surface area contributed by atoms with E-state index in [0.29, 0.717) is 40.7 Å². The predicted molar refractivity (Wildman–Crippen MR) is 136 cm³/mol. The van der Waals surface area contributed by atoms with E-state index >= 15 is 0 Å². The molecule has 1 aliphatic heterocycles. The second-order valence-electron chi connectivity index (χ2n) is 10.2. The van der Waals surface area contributed by atoms with Crippen molar-refractivity contribution in [3.63, 3.8) is 0 Å². The highest BCUT2D eigenvalue weighted by molar-refractivity contribution is 6.09. The predicted octanol–water partition coefficient (Wildman–Crippen LogP) is 3.71. The number of nitrogens with one attached hydrogen (secondary N) is 2. The number of aliphatic hydroxyl groups is 1. The number of alkyl halides is 3. The fourth-order valence-corrected chi connectivity index (χ4v) is 4.86. The quantitative estimate of drug-likeness (QED) is 0.397. The van der Waals surface area contributed by atoms with Gasteiger partial charge in [-0.3, -0.25) is 9.59 Å². The Morgan fingerprint density at radius 2 is 2.03 bits per heavy atom. The molecule has 1 saturated carbocycles. The van der Waals surface area contributed by atoms with Crippen molar-refractivity contribution in [1.29, 1.82) is 0 Å². The number of hydrogen-bond acceptors (Lipinski definition) is 6. The number of amides is 2. The Morgan fingerprint density at radius 1 is 1.26 bits per heavy atom. The number of fused-ring (bicyclic) bond motifs is 1. The van der Waals surface area contributed by atoms with Crippen LogP contribution in [0.1, 0.15) is 54.2 Å². The highest BCUT2D eigenvalue weighted by Crippen LogP contribution is 2.38. The van der Waals surface area contributed by atoms with Crippen LogP contribution < -0.4 is 10.1 Å². The Morgan fingerprint density at radius 3 is 2.69 bits per heavy atom. The number of carbonyl (C=O) groups is 2. The van der Waals surface area contributed by atoms with Crippen LogP contribution in [0, 0.1) is 12.8 Å². The molecule has 12 heteroatoms. The van der Waals surface area contributed by atoms with Crippen LogP contribution in [0.15, 0.2) is 24.5 Å². The van der Waals surface area contributed by atoms with Crippen LogP contribution in [0.2, 0.25) is 0 Å². The summed E-state index contributed by atoms with van der Waals surface area (Å²) in [7, 11) is 0. The summed E-state index contributed by atoms with van der Waals surface area (Å²) in [4.78, 5) is 38.3. The van der Waals surface area contributed by atoms with Gasteiger partial charge in [-0.2, -0.15) is 0 Å². The van der Waals surface area contributed by atoms with E-state index in [4.69, 9.17) is 4.74 Å². The molecule has 2 aliphatic rings. The van der Waals surface area contributed by atoms with Crippen molar-refractivity contribution >= 4 is 22.8 Å². The summed E-state index contributed by atoms with van der Waals surface area (Å²) < 4.78 is 48.0. The highest BCUT2D eigenvalue weighted by atomic mass is 19.3.